The number of H-pyrrole nitrogens is 1. The number of carbonyl (C=O) groups is 3. The first-order chi connectivity index (χ1) is 11.4. The Morgan fingerprint density at radius 1 is 1.42 bits per heavy atom. The van der Waals surface area contributed by atoms with Crippen LogP contribution in [0.15, 0.2) is 23.0 Å². The normalized spacial score (nSPS) is 18.1. The molecule has 130 valence electrons. The van der Waals surface area contributed by atoms with Gasteiger partial charge < -0.3 is 19.9 Å². The highest BCUT2D eigenvalue weighted by molar-refractivity contribution is 5.96. The molecule has 0 aliphatic carbocycles. The second-order valence-corrected chi connectivity index (χ2v) is 5.57. The average Bonchev–Trinajstić information content (AvgIpc) is 3.03. The topological polar surface area (TPSA) is 109 Å². The fraction of sp³-hybridized carbons (Fsp3) is 0.500. The van der Waals surface area contributed by atoms with Crippen LogP contribution in [0.3, 0.4) is 0 Å². The third kappa shape index (κ3) is 4.01. The molecule has 2 amide bonds. The lowest BCUT2D eigenvalue weighted by atomic mass is 10.2. The molecule has 0 unspecified atom stereocenters. The van der Waals surface area contributed by atoms with Gasteiger partial charge in [-0.1, -0.05) is 6.07 Å². The van der Waals surface area contributed by atoms with Crippen LogP contribution in [-0.4, -0.2) is 52.9 Å². The van der Waals surface area contributed by atoms with Gasteiger partial charge in [0.05, 0.1) is 6.61 Å². The molecule has 1 aromatic rings. The molecule has 2 heterocycles. The van der Waals surface area contributed by atoms with Crippen molar-refractivity contribution < 1.29 is 19.1 Å². The number of nitrogens with zero attached hydrogens (tertiary/aromatic N) is 1. The number of hydrogen-bond acceptors (Lipinski definition) is 5. The second-order valence-electron chi connectivity index (χ2n) is 5.57. The molecule has 2 N–H and O–H groups in total. The number of aromatic amines is 1. The Morgan fingerprint density at radius 2 is 2.17 bits per heavy atom. The minimum Gasteiger partial charge on any atom is -0.464 e. The molecule has 8 nitrogen and oxygen atoms in total. The molecule has 0 aromatic carbocycles. The Kier molecular flexibility index (Phi) is 5.73. The van der Waals surface area contributed by atoms with Crippen LogP contribution in [0.25, 0.3) is 0 Å². The maximum absolute atomic E-state index is 12.5. The summed E-state index contributed by atoms with van der Waals surface area (Å²) in [6.07, 6.45) is 1.26. The van der Waals surface area contributed by atoms with Gasteiger partial charge in [0.15, 0.2) is 0 Å². The third-order valence-corrected chi connectivity index (χ3v) is 3.83. The van der Waals surface area contributed by atoms with Gasteiger partial charge in [0.25, 0.3) is 5.91 Å². The van der Waals surface area contributed by atoms with E-state index in [1.807, 2.05) is 0 Å². The number of pyridine rings is 1. The zero-order valence-electron chi connectivity index (χ0n) is 13.7. The molecule has 1 aliphatic rings. The molecule has 1 aliphatic heterocycles. The van der Waals surface area contributed by atoms with Crippen LogP contribution in [0.5, 0.6) is 0 Å². The number of hydrogen-bond donors (Lipinski definition) is 2. The number of ether oxygens (including phenoxy) is 1. The molecule has 2 rings (SSSR count). The van der Waals surface area contributed by atoms with Crippen molar-refractivity contribution in [2.75, 3.05) is 13.2 Å². The summed E-state index contributed by atoms with van der Waals surface area (Å²) in [5.41, 5.74) is -0.325. The van der Waals surface area contributed by atoms with Gasteiger partial charge in [-0.05, 0) is 32.8 Å². The summed E-state index contributed by atoms with van der Waals surface area (Å²) in [7, 11) is 0. The molecule has 0 saturated carbocycles. The molecule has 1 fully saturated rings. The minimum atomic E-state index is -0.823. The minimum absolute atomic E-state index is 0.0746. The molecule has 2 atom stereocenters. The van der Waals surface area contributed by atoms with Crippen LogP contribution in [0.4, 0.5) is 0 Å². The molecule has 0 radical (unpaired) electrons. The Morgan fingerprint density at radius 3 is 2.83 bits per heavy atom. The molecule has 1 saturated heterocycles. The number of carbonyl (C=O) groups excluding carboxylic acids is 3. The van der Waals surface area contributed by atoms with Crippen LogP contribution in [-0.2, 0) is 14.3 Å². The molecule has 0 bridgehead atoms. The van der Waals surface area contributed by atoms with Gasteiger partial charge in [-0.2, -0.15) is 0 Å². The lowest BCUT2D eigenvalue weighted by Gasteiger charge is -2.26. The van der Waals surface area contributed by atoms with Crippen LogP contribution < -0.4 is 10.9 Å². The first kappa shape index (κ1) is 17.7. The monoisotopic (exact) mass is 335 g/mol. The number of aromatic nitrogens is 1. The molecule has 8 heteroatoms. The summed E-state index contributed by atoms with van der Waals surface area (Å²) < 4.78 is 4.99. The van der Waals surface area contributed by atoms with Crippen LogP contribution >= 0.6 is 0 Å². The fourth-order valence-corrected chi connectivity index (χ4v) is 2.68. The van der Waals surface area contributed by atoms with Crippen molar-refractivity contribution in [1.82, 2.24) is 15.2 Å². The van der Waals surface area contributed by atoms with Gasteiger partial charge in [-0.25, -0.2) is 4.79 Å². The van der Waals surface area contributed by atoms with Crippen molar-refractivity contribution in [1.29, 1.82) is 0 Å². The van der Waals surface area contributed by atoms with Crippen LogP contribution in [0.1, 0.15) is 37.2 Å². The standard InChI is InChI=1S/C16H21N3O5/c1-3-24-16(23)12-7-5-9-19(12)15(22)10(2)17-14(21)11-6-4-8-13(20)18-11/h4,6,8,10,12H,3,5,7,9H2,1-2H3,(H,17,21)(H,18,20)/t10-,12-/m0/s1. The van der Waals surface area contributed by atoms with Crippen molar-refractivity contribution in [3.63, 3.8) is 0 Å². The van der Waals surface area contributed by atoms with E-state index in [4.69, 9.17) is 4.74 Å². The van der Waals surface area contributed by atoms with E-state index in [2.05, 4.69) is 10.3 Å². The van der Waals surface area contributed by atoms with Crippen molar-refractivity contribution in [3.05, 3.63) is 34.2 Å². The summed E-state index contributed by atoms with van der Waals surface area (Å²) in [6.45, 7) is 3.96. The number of rotatable bonds is 5. The third-order valence-electron chi connectivity index (χ3n) is 3.83. The van der Waals surface area contributed by atoms with Gasteiger partial charge >= 0.3 is 5.97 Å². The largest absolute Gasteiger partial charge is 0.464 e. The lowest BCUT2D eigenvalue weighted by Crippen LogP contribution is -2.50. The van der Waals surface area contributed by atoms with Crippen molar-refractivity contribution >= 4 is 17.8 Å². The van der Waals surface area contributed by atoms with E-state index >= 15 is 0 Å². The van der Waals surface area contributed by atoms with Crippen molar-refractivity contribution in [2.24, 2.45) is 0 Å². The molecule has 24 heavy (non-hydrogen) atoms. The zero-order chi connectivity index (χ0) is 17.7. The van der Waals surface area contributed by atoms with Crippen LogP contribution in [0, 0.1) is 0 Å². The number of nitrogens with one attached hydrogen (secondary N) is 2. The van der Waals surface area contributed by atoms with E-state index in [-0.39, 0.29) is 18.2 Å². The smallest absolute Gasteiger partial charge is 0.328 e. The van der Waals surface area contributed by atoms with Gasteiger partial charge in [-0.15, -0.1) is 0 Å². The number of likely N-dealkylation sites (tertiary alicyclic amines) is 1. The Labute approximate surface area is 139 Å². The Balaban J connectivity index is 2.02. The maximum atomic E-state index is 12.5. The molecular formula is C16H21N3O5. The summed E-state index contributed by atoms with van der Waals surface area (Å²) >= 11 is 0. The van der Waals surface area contributed by atoms with Gasteiger partial charge in [0.2, 0.25) is 11.5 Å². The predicted octanol–water partition coefficient (Wildman–Crippen LogP) is 0.0473. The Hall–Kier alpha value is -2.64. The number of amides is 2. The lowest BCUT2D eigenvalue weighted by molar-refractivity contribution is -0.153. The van der Waals surface area contributed by atoms with E-state index in [0.717, 1.165) is 0 Å². The summed E-state index contributed by atoms with van der Waals surface area (Å²) in [5, 5.41) is 2.54. The molecule has 0 spiro atoms. The van der Waals surface area contributed by atoms with E-state index in [1.165, 1.54) is 23.1 Å². The Bertz CT molecular complexity index is 684. The zero-order valence-corrected chi connectivity index (χ0v) is 13.7. The highest BCUT2D eigenvalue weighted by atomic mass is 16.5. The first-order valence-corrected chi connectivity index (χ1v) is 7.91. The average molecular weight is 335 g/mol. The van der Waals surface area contributed by atoms with Crippen LogP contribution in [0.2, 0.25) is 0 Å². The highest BCUT2D eigenvalue weighted by Crippen LogP contribution is 2.19. The summed E-state index contributed by atoms with van der Waals surface area (Å²) in [6, 6.07) is 2.77. The second kappa shape index (κ2) is 7.76. The van der Waals surface area contributed by atoms with E-state index in [1.54, 1.807) is 13.8 Å². The van der Waals surface area contributed by atoms with Crippen molar-refractivity contribution in [3.8, 4) is 0 Å². The van der Waals surface area contributed by atoms with Gasteiger partial charge in [-0.3, -0.25) is 14.4 Å². The quantitative estimate of drug-likeness (QED) is 0.739. The fourth-order valence-electron chi connectivity index (χ4n) is 2.68. The molecular weight excluding hydrogens is 314 g/mol. The van der Waals surface area contributed by atoms with Crippen molar-refractivity contribution in [2.45, 2.75) is 38.8 Å². The predicted molar refractivity (Wildman–Crippen MR) is 85.4 cm³/mol. The summed E-state index contributed by atoms with van der Waals surface area (Å²) in [4.78, 5) is 51.6. The van der Waals surface area contributed by atoms with Gasteiger partial charge in [0.1, 0.15) is 17.8 Å². The van der Waals surface area contributed by atoms with E-state index in [9.17, 15) is 19.2 Å². The molecule has 1 aromatic heterocycles. The number of esters is 1. The van der Waals surface area contributed by atoms with Gasteiger partial charge in [0, 0.05) is 12.6 Å². The van der Waals surface area contributed by atoms with E-state index in [0.29, 0.717) is 19.4 Å². The first-order valence-electron chi connectivity index (χ1n) is 7.91. The summed E-state index contributed by atoms with van der Waals surface area (Å²) in [5.74, 6) is -1.33. The maximum Gasteiger partial charge on any atom is 0.328 e. The van der Waals surface area contributed by atoms with E-state index < -0.39 is 29.5 Å². The highest BCUT2D eigenvalue weighted by Gasteiger charge is 2.37. The SMILES string of the molecule is CCOC(=O)[C@@H]1CCCN1C(=O)[C@H](C)NC(=O)c1cccc(=O)[nH]1.